The predicted octanol–water partition coefficient (Wildman–Crippen LogP) is 6.94. The molecule has 0 atom stereocenters. The van der Waals surface area contributed by atoms with Crippen LogP contribution in [0.2, 0.25) is 15.1 Å². The summed E-state index contributed by atoms with van der Waals surface area (Å²) in [6.07, 6.45) is 0. The standard InChI is InChI=1S/C23H15Cl3N2O2S/c1-13-2-9-17(10-3-13)31-21-20(27-15-6-4-14(24)5-7-15)22(29)28(23(21)30)16-8-11-18(25)19(26)12-16/h2-12,27H,1H3. The van der Waals surface area contributed by atoms with E-state index in [1.165, 1.54) is 17.8 Å². The van der Waals surface area contributed by atoms with Crippen LogP contribution >= 0.6 is 46.6 Å². The van der Waals surface area contributed by atoms with Gasteiger partial charge in [0, 0.05) is 15.6 Å². The van der Waals surface area contributed by atoms with Crippen LogP contribution in [0.4, 0.5) is 11.4 Å². The van der Waals surface area contributed by atoms with Crippen LogP contribution in [0.15, 0.2) is 82.2 Å². The van der Waals surface area contributed by atoms with E-state index in [1.54, 1.807) is 36.4 Å². The van der Waals surface area contributed by atoms with Gasteiger partial charge in [-0.3, -0.25) is 9.59 Å². The highest BCUT2D eigenvalue weighted by Crippen LogP contribution is 2.39. The van der Waals surface area contributed by atoms with Gasteiger partial charge >= 0.3 is 0 Å². The van der Waals surface area contributed by atoms with Crippen molar-refractivity contribution in [2.24, 2.45) is 0 Å². The van der Waals surface area contributed by atoms with Gasteiger partial charge in [-0.2, -0.15) is 0 Å². The van der Waals surface area contributed by atoms with E-state index in [4.69, 9.17) is 34.8 Å². The minimum Gasteiger partial charge on any atom is -0.350 e. The molecule has 2 amide bonds. The number of carbonyl (C=O) groups excluding carboxylic acids is 2. The van der Waals surface area contributed by atoms with Crippen molar-refractivity contribution in [3.63, 3.8) is 0 Å². The lowest BCUT2D eigenvalue weighted by atomic mass is 10.2. The van der Waals surface area contributed by atoms with E-state index in [0.29, 0.717) is 21.4 Å². The van der Waals surface area contributed by atoms with Gasteiger partial charge < -0.3 is 5.32 Å². The zero-order chi connectivity index (χ0) is 22.1. The third kappa shape index (κ3) is 4.60. The number of carbonyl (C=O) groups is 2. The summed E-state index contributed by atoms with van der Waals surface area (Å²) in [4.78, 5) is 28.9. The van der Waals surface area contributed by atoms with Gasteiger partial charge in [-0.15, -0.1) is 0 Å². The summed E-state index contributed by atoms with van der Waals surface area (Å²) >= 11 is 19.3. The van der Waals surface area contributed by atoms with E-state index in [2.05, 4.69) is 5.32 Å². The van der Waals surface area contributed by atoms with E-state index < -0.39 is 11.8 Å². The van der Waals surface area contributed by atoms with E-state index in [0.717, 1.165) is 15.4 Å². The minimum atomic E-state index is -0.479. The number of aryl methyl sites for hydroxylation is 1. The summed E-state index contributed by atoms with van der Waals surface area (Å²) < 4.78 is 0. The Morgan fingerprint density at radius 3 is 2.13 bits per heavy atom. The average molecular weight is 490 g/mol. The summed E-state index contributed by atoms with van der Waals surface area (Å²) in [5.41, 5.74) is 2.27. The van der Waals surface area contributed by atoms with Crippen LogP contribution in [0.1, 0.15) is 5.56 Å². The van der Waals surface area contributed by atoms with Crippen LogP contribution in [0, 0.1) is 6.92 Å². The van der Waals surface area contributed by atoms with Crippen molar-refractivity contribution in [1.82, 2.24) is 0 Å². The van der Waals surface area contributed by atoms with Crippen molar-refractivity contribution < 1.29 is 9.59 Å². The van der Waals surface area contributed by atoms with Crippen molar-refractivity contribution in [1.29, 1.82) is 0 Å². The van der Waals surface area contributed by atoms with Gasteiger partial charge in [0.05, 0.1) is 15.7 Å². The lowest BCUT2D eigenvalue weighted by Crippen LogP contribution is -2.32. The number of nitrogens with one attached hydrogen (secondary N) is 1. The second-order valence-electron chi connectivity index (χ2n) is 6.80. The molecule has 0 radical (unpaired) electrons. The largest absolute Gasteiger partial charge is 0.350 e. The van der Waals surface area contributed by atoms with Gasteiger partial charge in [0.15, 0.2) is 0 Å². The molecule has 31 heavy (non-hydrogen) atoms. The van der Waals surface area contributed by atoms with Crippen LogP contribution in [0.25, 0.3) is 0 Å². The Hall–Kier alpha value is -2.44. The average Bonchev–Trinajstić information content (AvgIpc) is 2.97. The third-order valence-corrected chi connectivity index (χ3v) is 6.64. The molecular weight excluding hydrogens is 475 g/mol. The first-order chi connectivity index (χ1) is 14.8. The Bertz CT molecular complexity index is 1140. The van der Waals surface area contributed by atoms with E-state index in [1.807, 2.05) is 31.2 Å². The lowest BCUT2D eigenvalue weighted by molar-refractivity contribution is -0.120. The highest BCUT2D eigenvalue weighted by atomic mass is 35.5. The Morgan fingerprint density at radius 2 is 1.48 bits per heavy atom. The number of nitrogens with zero attached hydrogens (tertiary/aromatic N) is 1. The molecule has 0 spiro atoms. The molecule has 0 unspecified atom stereocenters. The zero-order valence-electron chi connectivity index (χ0n) is 16.2. The van der Waals surface area contributed by atoms with Crippen molar-refractivity contribution in [3.8, 4) is 0 Å². The van der Waals surface area contributed by atoms with Gasteiger partial charge in [0.25, 0.3) is 11.8 Å². The number of benzene rings is 3. The van der Waals surface area contributed by atoms with Crippen LogP contribution in [-0.4, -0.2) is 11.8 Å². The normalized spacial score (nSPS) is 13.9. The van der Waals surface area contributed by atoms with Gasteiger partial charge in [-0.05, 0) is 61.5 Å². The zero-order valence-corrected chi connectivity index (χ0v) is 19.2. The first-order valence-electron chi connectivity index (χ1n) is 9.19. The third-order valence-electron chi connectivity index (χ3n) is 4.56. The van der Waals surface area contributed by atoms with Crippen molar-refractivity contribution in [2.45, 2.75) is 11.8 Å². The number of hydrogen-bond acceptors (Lipinski definition) is 4. The molecule has 0 saturated carbocycles. The maximum atomic E-state index is 13.3. The highest BCUT2D eigenvalue weighted by Gasteiger charge is 2.40. The Kier molecular flexibility index (Phi) is 6.30. The Morgan fingerprint density at radius 1 is 0.806 bits per heavy atom. The molecule has 1 N–H and O–H groups in total. The monoisotopic (exact) mass is 488 g/mol. The molecule has 0 aliphatic carbocycles. The van der Waals surface area contributed by atoms with Crippen molar-refractivity contribution in [2.75, 3.05) is 10.2 Å². The molecule has 1 heterocycles. The number of rotatable bonds is 5. The van der Waals surface area contributed by atoms with E-state index in [9.17, 15) is 9.59 Å². The molecule has 0 bridgehead atoms. The summed E-state index contributed by atoms with van der Waals surface area (Å²) in [7, 11) is 0. The molecule has 8 heteroatoms. The highest BCUT2D eigenvalue weighted by molar-refractivity contribution is 8.04. The topological polar surface area (TPSA) is 49.4 Å². The number of anilines is 2. The number of imide groups is 1. The van der Waals surface area contributed by atoms with Crippen LogP contribution in [0.3, 0.4) is 0 Å². The molecule has 0 saturated heterocycles. The molecule has 3 aromatic rings. The molecule has 4 nitrogen and oxygen atoms in total. The SMILES string of the molecule is Cc1ccc(SC2=C(Nc3ccc(Cl)cc3)C(=O)N(c3ccc(Cl)c(Cl)c3)C2=O)cc1. The first-order valence-corrected chi connectivity index (χ1v) is 11.1. The second kappa shape index (κ2) is 8.97. The summed E-state index contributed by atoms with van der Waals surface area (Å²) in [6.45, 7) is 1.98. The fourth-order valence-electron chi connectivity index (χ4n) is 2.97. The van der Waals surface area contributed by atoms with Gasteiger partial charge in [0.2, 0.25) is 0 Å². The summed E-state index contributed by atoms with van der Waals surface area (Å²) in [5.74, 6) is -0.918. The fourth-order valence-corrected chi connectivity index (χ4v) is 4.32. The molecule has 1 aliphatic rings. The Labute approximate surface area is 198 Å². The Balaban J connectivity index is 1.74. The molecular formula is C23H15Cl3N2O2S. The van der Waals surface area contributed by atoms with E-state index >= 15 is 0 Å². The molecule has 0 aromatic heterocycles. The van der Waals surface area contributed by atoms with Crippen LogP contribution in [0.5, 0.6) is 0 Å². The summed E-state index contributed by atoms with van der Waals surface area (Å²) in [6, 6.07) is 19.2. The second-order valence-corrected chi connectivity index (χ2v) is 9.13. The van der Waals surface area contributed by atoms with Gasteiger partial charge in [-0.25, -0.2) is 4.90 Å². The lowest BCUT2D eigenvalue weighted by Gasteiger charge is -2.16. The predicted molar refractivity (Wildman–Crippen MR) is 128 cm³/mol. The number of amides is 2. The fraction of sp³-hybridized carbons (Fsp3) is 0.0435. The number of hydrogen-bond donors (Lipinski definition) is 1. The van der Waals surface area contributed by atoms with Crippen LogP contribution in [-0.2, 0) is 9.59 Å². The maximum Gasteiger partial charge on any atom is 0.283 e. The molecule has 156 valence electrons. The summed E-state index contributed by atoms with van der Waals surface area (Å²) in [5, 5.41) is 4.25. The molecule has 4 rings (SSSR count). The molecule has 3 aromatic carbocycles. The molecule has 0 fully saturated rings. The van der Waals surface area contributed by atoms with Gasteiger partial charge in [0.1, 0.15) is 10.6 Å². The van der Waals surface area contributed by atoms with Crippen LogP contribution < -0.4 is 10.2 Å². The van der Waals surface area contributed by atoms with Crippen molar-refractivity contribution in [3.05, 3.63) is 98.0 Å². The number of halogens is 3. The van der Waals surface area contributed by atoms with Crippen molar-refractivity contribution >= 4 is 69.8 Å². The maximum absolute atomic E-state index is 13.3. The minimum absolute atomic E-state index is 0.184. The smallest absolute Gasteiger partial charge is 0.283 e. The van der Waals surface area contributed by atoms with E-state index in [-0.39, 0.29) is 15.6 Å². The molecule has 1 aliphatic heterocycles. The van der Waals surface area contributed by atoms with Gasteiger partial charge in [-0.1, -0.05) is 64.3 Å². The quantitative estimate of drug-likeness (QED) is 0.394. The first kappa shape index (κ1) is 21.8. The number of thioether (sulfide) groups is 1.